The fraction of sp³-hybridized carbons (Fsp3) is 0.368. The molecule has 3 aromatic heterocycles. The Morgan fingerprint density at radius 2 is 1.89 bits per heavy atom. The highest BCUT2D eigenvalue weighted by Gasteiger charge is 2.14. The fourth-order valence-corrected chi connectivity index (χ4v) is 2.81. The maximum atomic E-state index is 12.5. The van der Waals surface area contributed by atoms with E-state index in [0.717, 1.165) is 5.56 Å². The average molecular weight is 385 g/mol. The van der Waals surface area contributed by atoms with Crippen molar-refractivity contribution in [3.05, 3.63) is 50.6 Å². The molecule has 0 aliphatic heterocycles. The summed E-state index contributed by atoms with van der Waals surface area (Å²) in [4.78, 5) is 36.6. The van der Waals surface area contributed by atoms with E-state index in [-0.39, 0.29) is 11.2 Å². The largest absolute Gasteiger partial charge is 0.475 e. The molecule has 9 heteroatoms. The van der Waals surface area contributed by atoms with Crippen molar-refractivity contribution < 1.29 is 9.47 Å². The molecule has 0 aliphatic rings. The third kappa shape index (κ3) is 3.89. The number of rotatable bonds is 8. The summed E-state index contributed by atoms with van der Waals surface area (Å²) in [5, 5.41) is 0. The van der Waals surface area contributed by atoms with Crippen molar-refractivity contribution in [1.29, 1.82) is 0 Å². The van der Waals surface area contributed by atoms with Crippen LogP contribution in [0.1, 0.15) is 25.2 Å². The van der Waals surface area contributed by atoms with Crippen LogP contribution in [0, 0.1) is 0 Å². The molecule has 3 heterocycles. The highest BCUT2D eigenvalue weighted by Crippen LogP contribution is 2.12. The van der Waals surface area contributed by atoms with Crippen molar-refractivity contribution in [1.82, 2.24) is 24.1 Å². The zero-order valence-electron chi connectivity index (χ0n) is 16.1. The molecule has 0 saturated carbocycles. The number of pyridine rings is 1. The van der Waals surface area contributed by atoms with E-state index in [9.17, 15) is 9.59 Å². The van der Waals surface area contributed by atoms with Gasteiger partial charge in [0, 0.05) is 32.5 Å². The first-order valence-electron chi connectivity index (χ1n) is 9.08. The number of hydrogen-bond acceptors (Lipinski definition) is 6. The third-order valence-electron chi connectivity index (χ3n) is 4.24. The summed E-state index contributed by atoms with van der Waals surface area (Å²) in [6.07, 6.45) is 5.23. The van der Waals surface area contributed by atoms with Crippen LogP contribution in [0.4, 0.5) is 0 Å². The van der Waals surface area contributed by atoms with Gasteiger partial charge in [0.25, 0.3) is 5.56 Å². The zero-order valence-corrected chi connectivity index (χ0v) is 16.1. The van der Waals surface area contributed by atoms with E-state index < -0.39 is 0 Å². The summed E-state index contributed by atoms with van der Waals surface area (Å²) in [5.41, 5.74) is 0.819. The molecular formula is C19H23N5O4. The van der Waals surface area contributed by atoms with Crippen LogP contribution >= 0.6 is 0 Å². The van der Waals surface area contributed by atoms with Crippen LogP contribution in [0.5, 0.6) is 5.88 Å². The number of H-pyrrole nitrogens is 1. The predicted molar refractivity (Wildman–Crippen MR) is 106 cm³/mol. The number of aromatic nitrogens is 5. The molecule has 0 amide bonds. The highest BCUT2D eigenvalue weighted by atomic mass is 16.5. The Hall–Kier alpha value is -3.20. The molecule has 0 fully saturated rings. The second kappa shape index (κ2) is 8.66. The number of nitrogens with one attached hydrogen (secondary N) is 1. The number of aryl methyl sites for hydroxylation is 1. The van der Waals surface area contributed by atoms with Crippen LogP contribution in [0.2, 0.25) is 0 Å². The van der Waals surface area contributed by atoms with E-state index >= 15 is 0 Å². The minimum Gasteiger partial charge on any atom is -0.475 e. The van der Waals surface area contributed by atoms with E-state index in [4.69, 9.17) is 9.47 Å². The number of nitrogens with zero attached hydrogens (tertiary/aromatic N) is 4. The van der Waals surface area contributed by atoms with Crippen molar-refractivity contribution in [2.75, 3.05) is 20.3 Å². The smallest absolute Gasteiger partial charge is 0.332 e. The van der Waals surface area contributed by atoms with Crippen molar-refractivity contribution in [2.45, 2.75) is 26.9 Å². The molecule has 0 atom stereocenters. The van der Waals surface area contributed by atoms with Gasteiger partial charge in [-0.15, -0.1) is 0 Å². The molecule has 0 unspecified atom stereocenters. The van der Waals surface area contributed by atoms with Crippen LogP contribution in [0.25, 0.3) is 23.3 Å². The lowest BCUT2D eigenvalue weighted by Gasteiger charge is -2.06. The first-order valence-corrected chi connectivity index (χ1v) is 9.08. The molecule has 0 aromatic carbocycles. The van der Waals surface area contributed by atoms with E-state index in [0.29, 0.717) is 49.2 Å². The number of fused-ring (bicyclic) bond motifs is 1. The van der Waals surface area contributed by atoms with Gasteiger partial charge in [-0.25, -0.2) is 14.8 Å². The highest BCUT2D eigenvalue weighted by molar-refractivity contribution is 5.75. The van der Waals surface area contributed by atoms with Crippen molar-refractivity contribution in [3.8, 4) is 5.88 Å². The lowest BCUT2D eigenvalue weighted by atomic mass is 10.2. The first kappa shape index (κ1) is 19.6. The molecular weight excluding hydrogens is 362 g/mol. The normalized spacial score (nSPS) is 11.5. The summed E-state index contributed by atoms with van der Waals surface area (Å²) in [6.45, 7) is 5.28. The summed E-state index contributed by atoms with van der Waals surface area (Å²) < 4.78 is 13.0. The monoisotopic (exact) mass is 385 g/mol. The van der Waals surface area contributed by atoms with Crippen LogP contribution < -0.4 is 16.0 Å². The fourth-order valence-electron chi connectivity index (χ4n) is 2.81. The van der Waals surface area contributed by atoms with Gasteiger partial charge in [-0.05, 0) is 37.6 Å². The van der Waals surface area contributed by atoms with Gasteiger partial charge in [-0.2, -0.15) is 0 Å². The second-order valence-electron chi connectivity index (χ2n) is 6.00. The topological polar surface area (TPSA) is 104 Å². The molecule has 0 aliphatic carbocycles. The minimum atomic E-state index is -0.362. The summed E-state index contributed by atoms with van der Waals surface area (Å²) in [6, 6.07) is 3.63. The Kier molecular flexibility index (Phi) is 6.05. The number of imidazole rings is 1. The van der Waals surface area contributed by atoms with Gasteiger partial charge in [0.05, 0.1) is 6.61 Å². The van der Waals surface area contributed by atoms with Crippen LogP contribution in [0.15, 0.2) is 27.9 Å². The lowest BCUT2D eigenvalue weighted by Crippen LogP contribution is -2.39. The standard InChI is InChI=1S/C19H23N5O4/c1-4-23-17-16(18(25)24(5-2)19(23)26)21-14(22-17)8-6-13-7-9-15(20-12-13)28-11-10-27-3/h6-9,12H,4-5,10-11H2,1-3H3,(H,21,22). The summed E-state index contributed by atoms with van der Waals surface area (Å²) >= 11 is 0. The van der Waals surface area contributed by atoms with Gasteiger partial charge >= 0.3 is 5.69 Å². The molecule has 28 heavy (non-hydrogen) atoms. The Bertz CT molecular complexity index is 1090. The predicted octanol–water partition coefficient (Wildman–Crippen LogP) is 1.52. The molecule has 0 bridgehead atoms. The van der Waals surface area contributed by atoms with Crippen LogP contribution in [0.3, 0.4) is 0 Å². The molecule has 3 rings (SSSR count). The van der Waals surface area contributed by atoms with Gasteiger partial charge in [-0.3, -0.25) is 13.9 Å². The van der Waals surface area contributed by atoms with Crippen molar-refractivity contribution >= 4 is 23.3 Å². The lowest BCUT2D eigenvalue weighted by molar-refractivity contribution is 0.144. The minimum absolute atomic E-state index is 0.308. The van der Waals surface area contributed by atoms with E-state index in [1.54, 1.807) is 32.4 Å². The average Bonchev–Trinajstić information content (AvgIpc) is 3.13. The Labute approximate surface area is 161 Å². The molecule has 0 spiro atoms. The van der Waals surface area contributed by atoms with Crippen molar-refractivity contribution in [2.24, 2.45) is 0 Å². The molecule has 0 radical (unpaired) electrons. The Morgan fingerprint density at radius 3 is 2.54 bits per heavy atom. The van der Waals surface area contributed by atoms with Gasteiger partial charge in [0.1, 0.15) is 17.9 Å². The SMILES string of the molecule is CCn1c(=O)c2[nH]c(C=Cc3ccc(OCCOC)nc3)nc2n(CC)c1=O. The van der Waals surface area contributed by atoms with Crippen molar-refractivity contribution in [3.63, 3.8) is 0 Å². The molecule has 1 N–H and O–H groups in total. The Balaban J connectivity index is 1.87. The summed E-state index contributed by atoms with van der Waals surface area (Å²) in [5.74, 6) is 1.01. The van der Waals surface area contributed by atoms with Crippen LogP contribution in [-0.4, -0.2) is 44.4 Å². The Morgan fingerprint density at radius 1 is 1.11 bits per heavy atom. The second-order valence-corrected chi connectivity index (χ2v) is 6.00. The van der Waals surface area contributed by atoms with E-state index in [2.05, 4.69) is 15.0 Å². The third-order valence-corrected chi connectivity index (χ3v) is 4.24. The summed E-state index contributed by atoms with van der Waals surface area (Å²) in [7, 11) is 1.61. The molecule has 0 saturated heterocycles. The molecule has 3 aromatic rings. The first-order chi connectivity index (χ1) is 13.6. The molecule has 9 nitrogen and oxygen atoms in total. The quantitative estimate of drug-likeness (QED) is 0.590. The van der Waals surface area contributed by atoms with Crippen LogP contribution in [-0.2, 0) is 17.8 Å². The number of hydrogen-bond donors (Lipinski definition) is 1. The maximum Gasteiger partial charge on any atom is 0.332 e. The van der Waals surface area contributed by atoms with Gasteiger partial charge in [0.15, 0.2) is 5.65 Å². The van der Waals surface area contributed by atoms with E-state index in [1.807, 2.05) is 19.1 Å². The zero-order chi connectivity index (χ0) is 20.1. The van der Waals surface area contributed by atoms with Gasteiger partial charge in [-0.1, -0.05) is 0 Å². The molecule has 148 valence electrons. The number of aromatic amines is 1. The van der Waals surface area contributed by atoms with Gasteiger partial charge < -0.3 is 14.5 Å². The van der Waals surface area contributed by atoms with E-state index in [1.165, 1.54) is 9.13 Å². The van der Waals surface area contributed by atoms with Gasteiger partial charge in [0.2, 0.25) is 5.88 Å². The number of methoxy groups -OCH3 is 1. The number of ether oxygens (including phenoxy) is 2. The maximum absolute atomic E-state index is 12.5.